The number of aromatic carboxylic acids is 1. The molecule has 2 heterocycles. The summed E-state index contributed by atoms with van der Waals surface area (Å²) in [6.07, 6.45) is 1.43. The molecule has 1 aromatic carbocycles. The first-order chi connectivity index (χ1) is 10.1. The average molecular weight is 300 g/mol. The summed E-state index contributed by atoms with van der Waals surface area (Å²) in [4.78, 5) is 21.1. The van der Waals surface area contributed by atoms with Gasteiger partial charge in [-0.3, -0.25) is 4.98 Å². The number of carboxylic acid groups (broad SMARTS) is 1. The number of thiazole rings is 1. The molecule has 0 unspecified atom stereocenters. The third-order valence-corrected chi connectivity index (χ3v) is 4.11. The molecular formula is C15H12N2O3S. The molecule has 3 rings (SSSR count). The van der Waals surface area contributed by atoms with Crippen LogP contribution in [0.5, 0.6) is 10.9 Å². The molecule has 0 aliphatic carbocycles. The van der Waals surface area contributed by atoms with Gasteiger partial charge in [-0.05, 0) is 19.9 Å². The van der Waals surface area contributed by atoms with Gasteiger partial charge in [-0.2, -0.15) is 0 Å². The molecule has 0 spiro atoms. The Morgan fingerprint density at radius 1 is 1.29 bits per heavy atom. The van der Waals surface area contributed by atoms with Crippen molar-refractivity contribution in [2.45, 2.75) is 13.8 Å². The zero-order chi connectivity index (χ0) is 15.0. The molecule has 0 aliphatic rings. The van der Waals surface area contributed by atoms with Crippen LogP contribution in [0.15, 0.2) is 30.5 Å². The fraction of sp³-hybridized carbons (Fsp3) is 0.133. The fourth-order valence-corrected chi connectivity index (χ4v) is 2.77. The highest BCUT2D eigenvalue weighted by Crippen LogP contribution is 2.33. The lowest BCUT2D eigenvalue weighted by Crippen LogP contribution is -2.02. The Morgan fingerprint density at radius 3 is 2.71 bits per heavy atom. The summed E-state index contributed by atoms with van der Waals surface area (Å²) in [6, 6.07) is 7.08. The van der Waals surface area contributed by atoms with E-state index in [9.17, 15) is 9.90 Å². The van der Waals surface area contributed by atoms with E-state index in [0.717, 1.165) is 10.6 Å². The molecule has 5 nitrogen and oxygen atoms in total. The van der Waals surface area contributed by atoms with Crippen LogP contribution < -0.4 is 4.74 Å². The van der Waals surface area contributed by atoms with Gasteiger partial charge in [0.25, 0.3) is 5.19 Å². The fourth-order valence-electron chi connectivity index (χ4n) is 2.00. The van der Waals surface area contributed by atoms with Gasteiger partial charge in [0, 0.05) is 10.3 Å². The minimum Gasteiger partial charge on any atom is -0.478 e. The van der Waals surface area contributed by atoms with Crippen molar-refractivity contribution in [3.63, 3.8) is 0 Å². The van der Waals surface area contributed by atoms with Gasteiger partial charge >= 0.3 is 5.97 Å². The highest BCUT2D eigenvalue weighted by Gasteiger charge is 2.18. The normalized spacial score (nSPS) is 10.8. The number of hydrogen-bond donors (Lipinski definition) is 1. The number of aryl methyl sites for hydroxylation is 2. The van der Waals surface area contributed by atoms with Gasteiger partial charge in [0.15, 0.2) is 5.75 Å². The lowest BCUT2D eigenvalue weighted by Gasteiger charge is -2.08. The van der Waals surface area contributed by atoms with Crippen LogP contribution in [0.2, 0.25) is 0 Å². The van der Waals surface area contributed by atoms with Crippen molar-refractivity contribution in [3.05, 3.63) is 46.6 Å². The Hall–Kier alpha value is -2.47. The molecule has 3 aromatic rings. The average Bonchev–Trinajstić information content (AvgIpc) is 2.76. The number of aromatic nitrogens is 2. The van der Waals surface area contributed by atoms with Crippen molar-refractivity contribution in [3.8, 4) is 10.9 Å². The molecule has 0 fully saturated rings. The molecule has 0 amide bonds. The standard InChI is InChI=1S/C15H12N2O3S/c1-8-9(2)21-15(17-8)20-12-7-16-11-6-4-3-5-10(11)13(12)14(18)19/h3-7H,1-2H3,(H,18,19). The summed E-state index contributed by atoms with van der Waals surface area (Å²) < 4.78 is 5.64. The second-order valence-electron chi connectivity index (χ2n) is 4.54. The molecule has 1 N–H and O–H groups in total. The lowest BCUT2D eigenvalue weighted by molar-refractivity contribution is 0.0696. The van der Waals surface area contributed by atoms with E-state index >= 15 is 0 Å². The largest absolute Gasteiger partial charge is 0.478 e. The Bertz CT molecular complexity index is 823. The number of rotatable bonds is 3. The van der Waals surface area contributed by atoms with Crippen molar-refractivity contribution in [1.29, 1.82) is 0 Å². The SMILES string of the molecule is Cc1nc(Oc2cnc3ccccc3c2C(=O)O)sc1C. The highest BCUT2D eigenvalue weighted by molar-refractivity contribution is 7.13. The zero-order valence-corrected chi connectivity index (χ0v) is 12.3. The van der Waals surface area contributed by atoms with E-state index in [0.29, 0.717) is 16.1 Å². The summed E-state index contributed by atoms with van der Waals surface area (Å²) in [5.41, 5.74) is 1.60. The van der Waals surface area contributed by atoms with Gasteiger partial charge in [0.05, 0.1) is 17.4 Å². The summed E-state index contributed by atoms with van der Waals surface area (Å²) in [7, 11) is 0. The number of carbonyl (C=O) groups is 1. The van der Waals surface area contributed by atoms with Gasteiger partial charge in [0.2, 0.25) is 0 Å². The smallest absolute Gasteiger partial charge is 0.340 e. The molecule has 106 valence electrons. The summed E-state index contributed by atoms with van der Waals surface area (Å²) in [5.74, 6) is -0.844. The predicted octanol–water partition coefficient (Wildman–Crippen LogP) is 3.80. The first-order valence-corrected chi connectivity index (χ1v) is 7.11. The third kappa shape index (κ3) is 2.45. The van der Waals surface area contributed by atoms with Crippen LogP contribution in [0.4, 0.5) is 0 Å². The van der Waals surface area contributed by atoms with E-state index in [1.54, 1.807) is 18.2 Å². The van der Waals surface area contributed by atoms with Crippen LogP contribution in [-0.4, -0.2) is 21.0 Å². The maximum Gasteiger partial charge on any atom is 0.340 e. The monoisotopic (exact) mass is 300 g/mol. The lowest BCUT2D eigenvalue weighted by atomic mass is 10.1. The van der Waals surface area contributed by atoms with Gasteiger partial charge in [-0.15, -0.1) is 0 Å². The van der Waals surface area contributed by atoms with E-state index in [-0.39, 0.29) is 11.3 Å². The first kappa shape index (κ1) is 13.5. The second kappa shape index (κ2) is 5.14. The quantitative estimate of drug-likeness (QED) is 0.796. The van der Waals surface area contributed by atoms with Crippen molar-refractivity contribution in [2.24, 2.45) is 0 Å². The van der Waals surface area contributed by atoms with Crippen LogP contribution in [-0.2, 0) is 0 Å². The minimum absolute atomic E-state index is 0.103. The van der Waals surface area contributed by atoms with E-state index in [4.69, 9.17) is 4.74 Å². The molecule has 0 radical (unpaired) electrons. The third-order valence-electron chi connectivity index (χ3n) is 3.16. The van der Waals surface area contributed by atoms with Crippen LogP contribution in [0, 0.1) is 13.8 Å². The van der Waals surface area contributed by atoms with Crippen molar-refractivity contribution >= 4 is 28.2 Å². The predicted molar refractivity (Wildman–Crippen MR) is 80.4 cm³/mol. The van der Waals surface area contributed by atoms with Crippen LogP contribution in [0.25, 0.3) is 10.9 Å². The number of para-hydroxylation sites is 1. The van der Waals surface area contributed by atoms with Crippen LogP contribution >= 0.6 is 11.3 Å². The summed E-state index contributed by atoms with van der Waals surface area (Å²) in [6.45, 7) is 3.83. The second-order valence-corrected chi connectivity index (χ2v) is 5.71. The van der Waals surface area contributed by atoms with Crippen molar-refractivity contribution < 1.29 is 14.6 Å². The summed E-state index contributed by atoms with van der Waals surface area (Å²) >= 11 is 1.38. The first-order valence-electron chi connectivity index (χ1n) is 6.29. The van der Waals surface area contributed by atoms with E-state index in [1.165, 1.54) is 17.5 Å². The Morgan fingerprint density at radius 2 is 2.05 bits per heavy atom. The summed E-state index contributed by atoms with van der Waals surface area (Å²) in [5, 5.41) is 10.4. The van der Waals surface area contributed by atoms with Crippen molar-refractivity contribution in [2.75, 3.05) is 0 Å². The van der Waals surface area contributed by atoms with Gasteiger partial charge in [-0.25, -0.2) is 9.78 Å². The number of pyridine rings is 1. The van der Waals surface area contributed by atoms with Crippen molar-refractivity contribution in [1.82, 2.24) is 9.97 Å². The number of carboxylic acids is 1. The number of benzene rings is 1. The Kier molecular flexibility index (Phi) is 3.31. The van der Waals surface area contributed by atoms with E-state index < -0.39 is 5.97 Å². The molecule has 0 aliphatic heterocycles. The van der Waals surface area contributed by atoms with Gasteiger partial charge in [0.1, 0.15) is 5.56 Å². The highest BCUT2D eigenvalue weighted by atomic mass is 32.1. The number of ether oxygens (including phenoxy) is 1. The van der Waals surface area contributed by atoms with E-state index in [1.807, 2.05) is 19.9 Å². The molecule has 0 atom stereocenters. The number of nitrogens with zero attached hydrogens (tertiary/aromatic N) is 2. The molecule has 0 saturated heterocycles. The van der Waals surface area contributed by atoms with Crippen LogP contribution in [0.1, 0.15) is 20.9 Å². The maximum atomic E-state index is 11.6. The molecule has 0 bridgehead atoms. The van der Waals surface area contributed by atoms with Crippen LogP contribution in [0.3, 0.4) is 0 Å². The Labute approximate surface area is 124 Å². The van der Waals surface area contributed by atoms with Gasteiger partial charge < -0.3 is 9.84 Å². The molecule has 21 heavy (non-hydrogen) atoms. The molecular weight excluding hydrogens is 288 g/mol. The zero-order valence-electron chi connectivity index (χ0n) is 11.5. The number of hydrogen-bond acceptors (Lipinski definition) is 5. The topological polar surface area (TPSA) is 72.3 Å². The Balaban J connectivity index is 2.13. The molecule has 2 aromatic heterocycles. The van der Waals surface area contributed by atoms with E-state index in [2.05, 4.69) is 9.97 Å². The maximum absolute atomic E-state index is 11.6. The number of fused-ring (bicyclic) bond motifs is 1. The minimum atomic E-state index is -1.05. The molecule has 0 saturated carbocycles. The van der Waals surface area contributed by atoms with Gasteiger partial charge in [-0.1, -0.05) is 29.5 Å². The molecule has 6 heteroatoms.